The zero-order valence-corrected chi connectivity index (χ0v) is 16.2. The van der Waals surface area contributed by atoms with Crippen LogP contribution in [0.15, 0.2) is 48.8 Å². The number of carbonyl (C=O) groups excluding carboxylic acids is 1. The van der Waals surface area contributed by atoms with Crippen molar-refractivity contribution in [2.75, 3.05) is 13.1 Å². The molecule has 4 nitrogen and oxygen atoms in total. The van der Waals surface area contributed by atoms with Gasteiger partial charge in [-0.3, -0.25) is 9.78 Å². The molecule has 1 aromatic carbocycles. The van der Waals surface area contributed by atoms with E-state index >= 15 is 0 Å². The van der Waals surface area contributed by atoms with Crippen LogP contribution in [-0.2, 0) is 21.6 Å². The zero-order chi connectivity index (χ0) is 18.7. The van der Waals surface area contributed by atoms with Crippen molar-refractivity contribution in [1.29, 1.82) is 0 Å². The summed E-state index contributed by atoms with van der Waals surface area (Å²) in [6.45, 7) is 2.00. The van der Waals surface area contributed by atoms with Crippen LogP contribution < -0.4 is 0 Å². The summed E-state index contributed by atoms with van der Waals surface area (Å²) in [5.41, 5.74) is 1.77. The zero-order valence-electron chi connectivity index (χ0n) is 15.4. The van der Waals surface area contributed by atoms with Crippen molar-refractivity contribution >= 4 is 17.5 Å². The third kappa shape index (κ3) is 3.87. The molecule has 1 aliphatic heterocycles. The second-order valence-electron chi connectivity index (χ2n) is 7.63. The molecule has 2 aromatic rings. The van der Waals surface area contributed by atoms with Crippen LogP contribution >= 0.6 is 11.6 Å². The van der Waals surface area contributed by atoms with E-state index in [1.54, 1.807) is 12.4 Å². The van der Waals surface area contributed by atoms with Crippen LogP contribution in [0.1, 0.15) is 43.2 Å². The molecule has 2 aliphatic rings. The minimum atomic E-state index is -0.412. The normalized spacial score (nSPS) is 21.5. The number of pyridine rings is 1. The highest BCUT2D eigenvalue weighted by Gasteiger charge is 2.46. The molecule has 2 fully saturated rings. The Morgan fingerprint density at radius 1 is 1.22 bits per heavy atom. The van der Waals surface area contributed by atoms with Crippen molar-refractivity contribution in [3.05, 3.63) is 64.9 Å². The van der Waals surface area contributed by atoms with E-state index < -0.39 is 5.41 Å². The summed E-state index contributed by atoms with van der Waals surface area (Å²) < 4.78 is 6.05. The molecule has 1 aromatic heterocycles. The third-order valence-corrected chi connectivity index (χ3v) is 6.15. The van der Waals surface area contributed by atoms with E-state index in [1.807, 2.05) is 35.2 Å². The fourth-order valence-electron chi connectivity index (χ4n) is 4.44. The van der Waals surface area contributed by atoms with E-state index in [0.29, 0.717) is 18.2 Å². The number of rotatable bonds is 5. The summed E-state index contributed by atoms with van der Waals surface area (Å²) in [5.74, 6) is 0.247. The summed E-state index contributed by atoms with van der Waals surface area (Å²) in [7, 11) is 0. The molecule has 0 N–H and O–H groups in total. The topological polar surface area (TPSA) is 42.4 Å². The standard InChI is InChI=1S/C22H25ClN2O2/c23-19-5-3-4-18(14-19)22(9-1-2-10-22)21(26)25-13-8-20(15-25)27-16-17-6-11-24-12-7-17/h3-7,11-12,14,20H,1-2,8-10,13,15-16H2/t20-/m1/s1. The minimum Gasteiger partial charge on any atom is -0.372 e. The number of carbonyl (C=O) groups is 1. The van der Waals surface area contributed by atoms with E-state index in [2.05, 4.69) is 11.1 Å². The number of amides is 1. The summed E-state index contributed by atoms with van der Waals surface area (Å²) in [6, 6.07) is 11.8. The van der Waals surface area contributed by atoms with Crippen molar-refractivity contribution in [3.63, 3.8) is 0 Å². The molecule has 2 heterocycles. The number of nitrogens with zero attached hydrogens (tertiary/aromatic N) is 2. The van der Waals surface area contributed by atoms with Crippen LogP contribution in [0.3, 0.4) is 0 Å². The molecule has 0 spiro atoms. The molecule has 0 unspecified atom stereocenters. The maximum absolute atomic E-state index is 13.5. The van der Waals surface area contributed by atoms with Gasteiger partial charge in [0.2, 0.25) is 5.91 Å². The predicted octanol–water partition coefficient (Wildman–Crippen LogP) is 4.36. The molecule has 1 aliphatic carbocycles. The summed E-state index contributed by atoms with van der Waals surface area (Å²) >= 11 is 6.22. The SMILES string of the molecule is O=C(N1CC[C@@H](OCc2ccncc2)C1)C1(c2cccc(Cl)c2)CCCC1. The van der Waals surface area contributed by atoms with Crippen molar-refractivity contribution in [2.24, 2.45) is 0 Å². The van der Waals surface area contributed by atoms with Crippen LogP contribution in [0.25, 0.3) is 0 Å². The number of halogens is 1. The summed E-state index contributed by atoms with van der Waals surface area (Å²) in [6.07, 6.45) is 8.54. The number of hydrogen-bond donors (Lipinski definition) is 0. The first-order chi connectivity index (χ1) is 13.2. The van der Waals surface area contributed by atoms with E-state index in [9.17, 15) is 4.79 Å². The molecule has 27 heavy (non-hydrogen) atoms. The Morgan fingerprint density at radius 2 is 2.00 bits per heavy atom. The third-order valence-electron chi connectivity index (χ3n) is 5.91. The van der Waals surface area contributed by atoms with Crippen molar-refractivity contribution in [1.82, 2.24) is 9.88 Å². The van der Waals surface area contributed by atoms with Crippen molar-refractivity contribution in [2.45, 2.75) is 50.2 Å². The van der Waals surface area contributed by atoms with Gasteiger partial charge in [-0.15, -0.1) is 0 Å². The first-order valence-corrected chi connectivity index (χ1v) is 10.1. The lowest BCUT2D eigenvalue weighted by Gasteiger charge is -2.33. The Balaban J connectivity index is 1.44. The minimum absolute atomic E-state index is 0.0972. The molecule has 1 saturated carbocycles. The number of aromatic nitrogens is 1. The van der Waals surface area contributed by atoms with E-state index in [4.69, 9.17) is 16.3 Å². The second-order valence-corrected chi connectivity index (χ2v) is 8.06. The van der Waals surface area contributed by atoms with Crippen LogP contribution in [0, 0.1) is 0 Å². The van der Waals surface area contributed by atoms with Gasteiger partial charge in [0.15, 0.2) is 0 Å². The molecular weight excluding hydrogens is 360 g/mol. The Kier molecular flexibility index (Phi) is 5.46. The molecule has 0 radical (unpaired) electrons. The molecule has 4 rings (SSSR count). The maximum atomic E-state index is 13.5. The van der Waals surface area contributed by atoms with Gasteiger partial charge in [-0.25, -0.2) is 0 Å². The van der Waals surface area contributed by atoms with Gasteiger partial charge in [0.25, 0.3) is 0 Å². The quantitative estimate of drug-likeness (QED) is 0.768. The maximum Gasteiger partial charge on any atom is 0.233 e. The first kappa shape index (κ1) is 18.5. The van der Waals surface area contributed by atoms with Crippen molar-refractivity contribution in [3.8, 4) is 0 Å². The van der Waals surface area contributed by atoms with E-state index in [1.165, 1.54) is 0 Å². The Labute approximate surface area is 165 Å². The van der Waals surface area contributed by atoms with Crippen molar-refractivity contribution < 1.29 is 9.53 Å². The lowest BCUT2D eigenvalue weighted by Crippen LogP contribution is -2.45. The Hall–Kier alpha value is -1.91. The Bertz CT molecular complexity index is 790. The highest BCUT2D eigenvalue weighted by atomic mass is 35.5. The highest BCUT2D eigenvalue weighted by Crippen LogP contribution is 2.43. The van der Waals surface area contributed by atoms with E-state index in [-0.39, 0.29) is 12.0 Å². The smallest absolute Gasteiger partial charge is 0.233 e. The highest BCUT2D eigenvalue weighted by molar-refractivity contribution is 6.30. The number of benzene rings is 1. The fourth-order valence-corrected chi connectivity index (χ4v) is 4.63. The van der Waals surface area contributed by atoms with Crippen LogP contribution in [-0.4, -0.2) is 35.0 Å². The van der Waals surface area contributed by atoms with Crippen LogP contribution in [0.2, 0.25) is 5.02 Å². The average Bonchev–Trinajstić information content (AvgIpc) is 3.37. The first-order valence-electron chi connectivity index (χ1n) is 9.73. The largest absolute Gasteiger partial charge is 0.372 e. The Morgan fingerprint density at radius 3 is 2.74 bits per heavy atom. The number of likely N-dealkylation sites (tertiary alicyclic amines) is 1. The molecule has 5 heteroatoms. The number of hydrogen-bond acceptors (Lipinski definition) is 3. The number of ether oxygens (including phenoxy) is 1. The lowest BCUT2D eigenvalue weighted by atomic mass is 9.77. The predicted molar refractivity (Wildman–Crippen MR) is 106 cm³/mol. The van der Waals surface area contributed by atoms with Gasteiger partial charge in [0, 0.05) is 30.5 Å². The van der Waals surface area contributed by atoms with Gasteiger partial charge < -0.3 is 9.64 Å². The molecule has 142 valence electrons. The average molecular weight is 385 g/mol. The van der Waals surface area contributed by atoms with Gasteiger partial charge in [-0.05, 0) is 54.7 Å². The van der Waals surface area contributed by atoms with Gasteiger partial charge in [0.05, 0.1) is 18.1 Å². The van der Waals surface area contributed by atoms with Gasteiger partial charge in [0.1, 0.15) is 0 Å². The van der Waals surface area contributed by atoms with Crippen LogP contribution in [0.4, 0.5) is 0 Å². The molecule has 1 atom stereocenters. The monoisotopic (exact) mass is 384 g/mol. The van der Waals surface area contributed by atoms with Gasteiger partial charge in [-0.1, -0.05) is 36.6 Å². The summed E-state index contributed by atoms with van der Waals surface area (Å²) in [5, 5.41) is 0.701. The van der Waals surface area contributed by atoms with Gasteiger partial charge in [-0.2, -0.15) is 0 Å². The molecule has 0 bridgehead atoms. The van der Waals surface area contributed by atoms with Crippen LogP contribution in [0.5, 0.6) is 0 Å². The summed E-state index contributed by atoms with van der Waals surface area (Å²) in [4.78, 5) is 19.6. The molecular formula is C22H25ClN2O2. The van der Waals surface area contributed by atoms with Gasteiger partial charge >= 0.3 is 0 Å². The fraction of sp³-hybridized carbons (Fsp3) is 0.455. The van der Waals surface area contributed by atoms with E-state index in [0.717, 1.165) is 49.8 Å². The lowest BCUT2D eigenvalue weighted by molar-refractivity contribution is -0.136. The second kappa shape index (κ2) is 7.99. The molecule has 1 amide bonds. The molecule has 1 saturated heterocycles.